The molecule has 0 saturated heterocycles. The monoisotopic (exact) mass is 540 g/mol. The maximum atomic E-state index is 14.2. The number of carbonyl (C=O) groups excluding carboxylic acids is 3. The average Bonchev–Trinajstić information content (AvgIpc) is 3.04. The zero-order chi connectivity index (χ0) is 28.1. The first kappa shape index (κ1) is 22.8. The Bertz CT molecular complexity index is 2430. The van der Waals surface area contributed by atoms with Gasteiger partial charge < -0.3 is 0 Å². The molecule has 0 fully saturated rings. The van der Waals surface area contributed by atoms with Crippen LogP contribution in [0.5, 0.6) is 0 Å². The number of hydrogen-bond donors (Lipinski definition) is 0. The molecule has 0 unspecified atom stereocenters. The number of para-hydroxylation sites is 2. The molecule has 7 heteroatoms. The van der Waals surface area contributed by atoms with E-state index >= 15 is 0 Å². The highest BCUT2D eigenvalue weighted by Gasteiger charge is 2.38. The Labute approximate surface area is 237 Å². The summed E-state index contributed by atoms with van der Waals surface area (Å²) in [5, 5.41) is 3.14. The molecule has 0 bridgehead atoms. The fourth-order valence-corrected chi connectivity index (χ4v) is 6.47. The van der Waals surface area contributed by atoms with Crippen molar-refractivity contribution in [3.05, 3.63) is 131 Å². The highest BCUT2D eigenvalue weighted by Crippen LogP contribution is 2.48. The zero-order valence-electron chi connectivity index (χ0n) is 21.8. The fraction of sp³-hybridized carbons (Fsp3) is 0. The van der Waals surface area contributed by atoms with Crippen molar-refractivity contribution in [2.24, 2.45) is 0 Å². The lowest BCUT2D eigenvalue weighted by Gasteiger charge is -2.25. The van der Waals surface area contributed by atoms with Gasteiger partial charge in [-0.15, -0.1) is 0 Å². The van der Waals surface area contributed by atoms with Crippen LogP contribution < -0.4 is 0 Å². The lowest BCUT2D eigenvalue weighted by atomic mass is 9.79. The summed E-state index contributed by atoms with van der Waals surface area (Å²) in [4.78, 5) is 60.3. The summed E-state index contributed by atoms with van der Waals surface area (Å²) in [6, 6.07) is 25.8. The molecular weight excluding hydrogens is 524 g/mol. The van der Waals surface area contributed by atoms with Gasteiger partial charge in [-0.3, -0.25) is 24.4 Å². The summed E-state index contributed by atoms with van der Waals surface area (Å²) >= 11 is 0. The minimum absolute atomic E-state index is 0.0893. The molecule has 4 heterocycles. The van der Waals surface area contributed by atoms with Crippen LogP contribution in [0, 0.1) is 0 Å². The molecule has 0 amide bonds. The van der Waals surface area contributed by atoms with Crippen molar-refractivity contribution in [3.8, 4) is 22.4 Å². The van der Waals surface area contributed by atoms with Gasteiger partial charge in [0.2, 0.25) is 17.3 Å². The van der Waals surface area contributed by atoms with E-state index in [2.05, 4.69) is 4.98 Å². The van der Waals surface area contributed by atoms with Crippen molar-refractivity contribution in [2.75, 3.05) is 0 Å². The maximum absolute atomic E-state index is 14.2. The summed E-state index contributed by atoms with van der Waals surface area (Å²) < 4.78 is 0. The zero-order valence-corrected chi connectivity index (χ0v) is 21.8. The molecule has 7 nitrogen and oxygen atoms in total. The summed E-state index contributed by atoms with van der Waals surface area (Å²) in [5.41, 5.74) is 5.13. The molecule has 2 aliphatic carbocycles. The Morgan fingerprint density at radius 1 is 0.405 bits per heavy atom. The van der Waals surface area contributed by atoms with E-state index in [-0.39, 0.29) is 39.9 Å². The first-order valence-electron chi connectivity index (χ1n) is 13.4. The topological polar surface area (TPSA) is 103 Å². The number of benzene rings is 3. The van der Waals surface area contributed by atoms with E-state index in [1.165, 1.54) is 6.20 Å². The number of aromatic nitrogens is 4. The molecule has 42 heavy (non-hydrogen) atoms. The van der Waals surface area contributed by atoms with Crippen molar-refractivity contribution in [3.63, 3.8) is 0 Å². The number of nitrogens with zero attached hydrogens (tertiary/aromatic N) is 4. The molecule has 3 aromatic carbocycles. The van der Waals surface area contributed by atoms with Crippen molar-refractivity contribution >= 4 is 49.9 Å². The minimum atomic E-state index is -0.370. The van der Waals surface area contributed by atoms with Crippen molar-refractivity contribution in [1.82, 2.24) is 19.9 Å². The highest BCUT2D eigenvalue weighted by molar-refractivity contribution is 6.33. The normalized spacial score (nSPS) is 13.4. The van der Waals surface area contributed by atoms with E-state index in [1.807, 2.05) is 60.7 Å². The van der Waals surface area contributed by atoms with Crippen LogP contribution in [0.1, 0.15) is 48.2 Å². The number of rotatable bonds is 1. The third kappa shape index (κ3) is 2.81. The van der Waals surface area contributed by atoms with E-state index in [0.717, 1.165) is 16.3 Å². The van der Waals surface area contributed by atoms with Gasteiger partial charge in [-0.2, -0.15) is 0 Å². The molecule has 9 rings (SSSR count). The first-order chi connectivity index (χ1) is 20.6. The van der Waals surface area contributed by atoms with Gasteiger partial charge in [-0.25, -0.2) is 9.97 Å². The van der Waals surface area contributed by atoms with E-state index in [1.54, 1.807) is 30.5 Å². The van der Waals surface area contributed by atoms with Crippen molar-refractivity contribution < 1.29 is 14.4 Å². The molecule has 2 aliphatic rings. The van der Waals surface area contributed by atoms with Crippen LogP contribution in [0.3, 0.4) is 0 Å². The van der Waals surface area contributed by atoms with E-state index in [0.29, 0.717) is 49.9 Å². The molecule has 7 aromatic rings. The number of pyridine rings is 4. The number of hydrogen-bond acceptors (Lipinski definition) is 7. The molecule has 0 saturated carbocycles. The van der Waals surface area contributed by atoms with E-state index in [4.69, 9.17) is 15.0 Å². The molecule has 0 N–H and O–H groups in total. The maximum Gasteiger partial charge on any atom is 0.215 e. The van der Waals surface area contributed by atoms with Crippen LogP contribution in [0.25, 0.3) is 55.0 Å². The average molecular weight is 541 g/mol. The van der Waals surface area contributed by atoms with Gasteiger partial charge in [-0.05, 0) is 47.3 Å². The second-order valence-corrected chi connectivity index (χ2v) is 10.4. The smallest absolute Gasteiger partial charge is 0.215 e. The van der Waals surface area contributed by atoms with E-state index < -0.39 is 0 Å². The van der Waals surface area contributed by atoms with Crippen LogP contribution in [-0.2, 0) is 0 Å². The van der Waals surface area contributed by atoms with Crippen LogP contribution in [-0.4, -0.2) is 37.3 Å². The quantitative estimate of drug-likeness (QED) is 0.223. The predicted octanol–water partition coefficient (Wildman–Crippen LogP) is 6.38. The standard InChI is InChI=1S/C35H16N4O3/c40-33-21-9-5-15-36-29(21)27-20(14-13-18-17-7-1-3-11-23(17)38-31(33)26(18)27)25-19-8-2-4-12-24(19)39-32-28(25)35(42)30-22(34(32)41)10-6-16-37-30/h1-16H. The molecule has 0 atom stereocenters. The molecular formula is C35H16N4O3. The second kappa shape index (κ2) is 8.05. The number of fused-ring (bicyclic) bond motifs is 7. The summed E-state index contributed by atoms with van der Waals surface area (Å²) in [6.45, 7) is 0. The number of carbonyl (C=O) groups is 3. The lowest BCUT2D eigenvalue weighted by Crippen LogP contribution is -2.25. The van der Waals surface area contributed by atoms with Crippen LogP contribution in [0.2, 0.25) is 0 Å². The Hall–Kier alpha value is -5.95. The van der Waals surface area contributed by atoms with Crippen molar-refractivity contribution in [2.45, 2.75) is 0 Å². The summed E-state index contributed by atoms with van der Waals surface area (Å²) in [5.74, 6) is -0.925. The van der Waals surface area contributed by atoms with Gasteiger partial charge in [-0.1, -0.05) is 48.5 Å². The Balaban J connectivity index is 1.51. The largest absolute Gasteiger partial charge is 0.287 e. The Kier molecular flexibility index (Phi) is 4.37. The van der Waals surface area contributed by atoms with Crippen molar-refractivity contribution in [1.29, 1.82) is 0 Å². The summed E-state index contributed by atoms with van der Waals surface area (Å²) in [6.07, 6.45) is 3.17. The Morgan fingerprint density at radius 2 is 1.02 bits per heavy atom. The van der Waals surface area contributed by atoms with Gasteiger partial charge >= 0.3 is 0 Å². The van der Waals surface area contributed by atoms with E-state index in [9.17, 15) is 14.4 Å². The van der Waals surface area contributed by atoms with Gasteiger partial charge in [0, 0.05) is 39.7 Å². The van der Waals surface area contributed by atoms with Gasteiger partial charge in [0.05, 0.1) is 33.4 Å². The lowest BCUT2D eigenvalue weighted by molar-refractivity contribution is 0.0972. The van der Waals surface area contributed by atoms with Gasteiger partial charge in [0.1, 0.15) is 17.1 Å². The fourth-order valence-electron chi connectivity index (χ4n) is 6.47. The first-order valence-corrected chi connectivity index (χ1v) is 13.4. The molecule has 4 aromatic heterocycles. The SMILES string of the molecule is O=C1c2cccnc2C(=O)c2c1nc1ccccc1c2-c1ccc2c3c(nc4ccccc42)C(=O)c2cccnc2-c13. The van der Waals surface area contributed by atoms with Gasteiger partial charge in [0.25, 0.3) is 0 Å². The van der Waals surface area contributed by atoms with Gasteiger partial charge in [0.15, 0.2) is 0 Å². The van der Waals surface area contributed by atoms with Crippen LogP contribution >= 0.6 is 0 Å². The molecule has 0 spiro atoms. The minimum Gasteiger partial charge on any atom is -0.287 e. The second-order valence-electron chi connectivity index (χ2n) is 10.4. The molecule has 0 radical (unpaired) electrons. The molecule has 0 aliphatic heterocycles. The predicted molar refractivity (Wildman–Crippen MR) is 158 cm³/mol. The van der Waals surface area contributed by atoms with Crippen LogP contribution in [0.15, 0.2) is 97.3 Å². The third-order valence-electron chi connectivity index (χ3n) is 8.24. The molecule has 194 valence electrons. The Morgan fingerprint density at radius 3 is 1.81 bits per heavy atom. The highest BCUT2D eigenvalue weighted by atomic mass is 16.1. The van der Waals surface area contributed by atoms with Crippen LogP contribution in [0.4, 0.5) is 0 Å². The third-order valence-corrected chi connectivity index (χ3v) is 8.24. The summed E-state index contributed by atoms with van der Waals surface area (Å²) in [7, 11) is 0. The number of ketones is 3.